The molecule has 42 heavy (non-hydrogen) atoms. The Morgan fingerprint density at radius 1 is 1.19 bits per heavy atom. The number of nitrogens with zero attached hydrogens (tertiary/aromatic N) is 2. The van der Waals surface area contributed by atoms with Crippen LogP contribution in [0, 0.1) is 5.82 Å². The van der Waals surface area contributed by atoms with E-state index in [1.54, 1.807) is 17.6 Å². The van der Waals surface area contributed by atoms with Gasteiger partial charge in [-0.05, 0) is 43.9 Å². The van der Waals surface area contributed by atoms with Crippen molar-refractivity contribution in [3.63, 3.8) is 0 Å². The zero-order chi connectivity index (χ0) is 31.5. The molecule has 3 N–H and O–H groups in total. The predicted molar refractivity (Wildman–Crippen MR) is 158 cm³/mol. The lowest BCUT2D eigenvalue weighted by molar-refractivity contribution is -0.138. The fourth-order valence-electron chi connectivity index (χ4n) is 4.40. The zero-order valence-corrected chi connectivity index (χ0v) is 26.2. The summed E-state index contributed by atoms with van der Waals surface area (Å²) in [7, 11) is -3.67. The third-order valence-electron chi connectivity index (χ3n) is 6.74. The molecular weight excluding hydrogens is 610 g/mol. The quantitative estimate of drug-likeness (QED) is 0.199. The van der Waals surface area contributed by atoms with Gasteiger partial charge in [-0.2, -0.15) is 5.48 Å². The van der Waals surface area contributed by atoms with Crippen LogP contribution in [0.3, 0.4) is 0 Å². The molecule has 2 heterocycles. The van der Waals surface area contributed by atoms with Gasteiger partial charge in [0.2, 0.25) is 11.7 Å². The molecule has 1 atom stereocenters. The molecule has 0 radical (unpaired) electrons. The Bertz CT molecular complexity index is 1360. The van der Waals surface area contributed by atoms with Gasteiger partial charge in [-0.1, -0.05) is 62.5 Å². The van der Waals surface area contributed by atoms with E-state index in [2.05, 4.69) is 10.3 Å². The van der Waals surface area contributed by atoms with Crippen LogP contribution in [0.2, 0.25) is 10.0 Å². The minimum absolute atomic E-state index is 0.0589. The monoisotopic (exact) mass is 646 g/mol. The van der Waals surface area contributed by atoms with Crippen LogP contribution < -0.4 is 10.8 Å². The maximum atomic E-state index is 14.3. The number of pyridine rings is 1. The van der Waals surface area contributed by atoms with Crippen molar-refractivity contribution in [3.8, 4) is 0 Å². The molecule has 1 saturated carbocycles. The first kappa shape index (κ1) is 35.6. The summed E-state index contributed by atoms with van der Waals surface area (Å²) < 4.78 is 40.2. The highest BCUT2D eigenvalue weighted by Gasteiger charge is 2.57. The number of sulfone groups is 1. The van der Waals surface area contributed by atoms with E-state index >= 15 is 0 Å². The summed E-state index contributed by atoms with van der Waals surface area (Å²) in [5.74, 6) is -2.20. The van der Waals surface area contributed by atoms with Gasteiger partial charge in [-0.3, -0.25) is 19.4 Å². The number of carbonyl (C=O) groups excluding carboxylic acids is 3. The van der Waals surface area contributed by atoms with Crippen molar-refractivity contribution in [1.82, 2.24) is 20.7 Å². The van der Waals surface area contributed by atoms with Crippen LogP contribution in [0.1, 0.15) is 58.6 Å². The SMILES string of the molecule is CC.CCCCNC(=O)C(=O)CNO.O=C(N1CCC(S(=O)(=O)c2ccccc2Cl)C1)C1(c2ncc(Cl)cc2F)CC1. The van der Waals surface area contributed by atoms with Gasteiger partial charge in [0.15, 0.2) is 9.84 Å². The van der Waals surface area contributed by atoms with E-state index in [0.29, 0.717) is 32.4 Å². The van der Waals surface area contributed by atoms with Gasteiger partial charge in [0.25, 0.3) is 5.91 Å². The molecule has 232 valence electrons. The van der Waals surface area contributed by atoms with Crippen molar-refractivity contribution in [2.75, 3.05) is 26.2 Å². The third-order valence-corrected chi connectivity index (χ3v) is 9.62. The van der Waals surface area contributed by atoms with Crippen molar-refractivity contribution >= 4 is 50.6 Å². The molecule has 10 nitrogen and oxygen atoms in total. The Kier molecular flexibility index (Phi) is 13.8. The first-order valence-corrected chi connectivity index (χ1v) is 16.1. The molecule has 2 amide bonds. The van der Waals surface area contributed by atoms with Crippen LogP contribution in [-0.4, -0.2) is 72.5 Å². The normalized spacial score (nSPS) is 16.8. The minimum Gasteiger partial charge on any atom is -0.349 e. The molecule has 14 heteroatoms. The van der Waals surface area contributed by atoms with E-state index in [0.717, 1.165) is 18.9 Å². The van der Waals surface area contributed by atoms with E-state index < -0.39 is 38.0 Å². The summed E-state index contributed by atoms with van der Waals surface area (Å²) in [5.41, 5.74) is 0.695. The highest BCUT2D eigenvalue weighted by atomic mass is 35.5. The van der Waals surface area contributed by atoms with Crippen molar-refractivity contribution < 1.29 is 32.4 Å². The van der Waals surface area contributed by atoms with Crippen LogP contribution in [-0.2, 0) is 29.6 Å². The molecule has 1 aliphatic carbocycles. The second kappa shape index (κ2) is 16.3. The number of hydrogen-bond donors (Lipinski definition) is 3. The Morgan fingerprint density at radius 2 is 1.86 bits per heavy atom. The van der Waals surface area contributed by atoms with Crippen LogP contribution in [0.25, 0.3) is 0 Å². The second-order valence-electron chi connectivity index (χ2n) is 9.57. The van der Waals surface area contributed by atoms with Crippen molar-refractivity contribution in [1.29, 1.82) is 0 Å². The molecule has 1 saturated heterocycles. The number of hydroxylamine groups is 1. The number of carbonyl (C=O) groups is 3. The first-order valence-electron chi connectivity index (χ1n) is 13.7. The predicted octanol–water partition coefficient (Wildman–Crippen LogP) is 4.11. The largest absolute Gasteiger partial charge is 0.349 e. The molecule has 2 fully saturated rings. The lowest BCUT2D eigenvalue weighted by atomic mass is 9.99. The average molecular weight is 648 g/mol. The van der Waals surface area contributed by atoms with E-state index in [-0.39, 0.29) is 39.6 Å². The Hall–Kier alpha value is -2.64. The van der Waals surface area contributed by atoms with E-state index in [4.69, 9.17) is 28.4 Å². The number of ketones is 1. The lowest BCUT2D eigenvalue weighted by Crippen LogP contribution is -2.40. The molecule has 0 spiro atoms. The number of halogens is 3. The number of nitrogens with one attached hydrogen (secondary N) is 2. The number of rotatable bonds is 10. The topological polar surface area (TPSA) is 146 Å². The Balaban J connectivity index is 0.000000374. The maximum Gasteiger partial charge on any atom is 0.288 e. The van der Waals surface area contributed by atoms with Gasteiger partial charge in [-0.25, -0.2) is 12.8 Å². The number of benzene rings is 1. The van der Waals surface area contributed by atoms with Crippen molar-refractivity contribution in [3.05, 3.63) is 58.1 Å². The maximum absolute atomic E-state index is 14.3. The summed E-state index contributed by atoms with van der Waals surface area (Å²) in [6.07, 6.45) is 4.41. The summed E-state index contributed by atoms with van der Waals surface area (Å²) >= 11 is 11.8. The number of aromatic nitrogens is 1. The van der Waals surface area contributed by atoms with Crippen molar-refractivity contribution in [2.45, 2.75) is 68.4 Å². The molecule has 2 aromatic rings. The van der Waals surface area contributed by atoms with Crippen LogP contribution >= 0.6 is 23.2 Å². The van der Waals surface area contributed by atoms with Gasteiger partial charge in [0.1, 0.15) is 5.82 Å². The third kappa shape index (κ3) is 8.70. The van der Waals surface area contributed by atoms with E-state index in [1.165, 1.54) is 23.2 Å². The first-order chi connectivity index (χ1) is 20.0. The van der Waals surface area contributed by atoms with Gasteiger partial charge in [0, 0.05) is 25.8 Å². The number of amides is 2. The summed E-state index contributed by atoms with van der Waals surface area (Å²) in [4.78, 5) is 40.2. The average Bonchev–Trinajstić information content (AvgIpc) is 3.61. The number of likely N-dealkylation sites (tertiary alicyclic amines) is 1. The fourth-order valence-corrected chi connectivity index (χ4v) is 6.76. The number of hydrogen-bond acceptors (Lipinski definition) is 8. The molecule has 1 unspecified atom stereocenters. The van der Waals surface area contributed by atoms with E-state index in [9.17, 15) is 27.2 Å². The van der Waals surface area contributed by atoms with Crippen LogP contribution in [0.5, 0.6) is 0 Å². The van der Waals surface area contributed by atoms with Crippen molar-refractivity contribution in [2.24, 2.45) is 0 Å². The molecule has 2 aliphatic rings. The summed E-state index contributed by atoms with van der Waals surface area (Å²) in [6, 6.07) is 7.42. The van der Waals surface area contributed by atoms with Gasteiger partial charge in [-0.15, -0.1) is 0 Å². The smallest absolute Gasteiger partial charge is 0.288 e. The Morgan fingerprint density at radius 3 is 2.43 bits per heavy atom. The summed E-state index contributed by atoms with van der Waals surface area (Å²) in [5, 5.41) is 10.1. The molecule has 1 aromatic heterocycles. The molecule has 1 aromatic carbocycles. The van der Waals surface area contributed by atoms with Crippen LogP contribution in [0.15, 0.2) is 41.4 Å². The molecular formula is C28H37Cl2FN4O6S. The fraction of sp³-hybridized carbons (Fsp3) is 0.500. The standard InChI is InChI=1S/C19H17Cl2FN2O3S.C7H14N2O3.C2H6/c20-12-9-15(22)17(23-10-12)19(6-7-19)18(25)24-8-5-13(11-24)28(26,27)16-4-2-1-3-14(16)21;1-2-3-4-8-7(11)6(10)5-9-12;1-2/h1-4,9-10,13H,5-8,11H2;9,12H,2-5H2,1H3,(H,8,11);1-2H3. The molecule has 4 rings (SSSR count). The zero-order valence-electron chi connectivity index (χ0n) is 23.8. The highest BCUT2D eigenvalue weighted by molar-refractivity contribution is 7.92. The second-order valence-corrected chi connectivity index (χ2v) is 12.6. The lowest BCUT2D eigenvalue weighted by Gasteiger charge is -2.23. The van der Waals surface area contributed by atoms with E-state index in [1.807, 2.05) is 20.8 Å². The van der Waals surface area contributed by atoms with Gasteiger partial charge < -0.3 is 15.4 Å². The van der Waals surface area contributed by atoms with Gasteiger partial charge >= 0.3 is 0 Å². The summed E-state index contributed by atoms with van der Waals surface area (Å²) in [6.45, 7) is 6.52. The Labute approximate surface area is 255 Å². The number of Topliss-reactive ketones (excluding diaryl/α,β-unsaturated/α-hetero) is 1. The highest BCUT2D eigenvalue weighted by Crippen LogP contribution is 2.50. The van der Waals surface area contributed by atoms with Crippen LogP contribution in [0.4, 0.5) is 4.39 Å². The number of unbranched alkanes of at least 4 members (excludes halogenated alkanes) is 1. The molecule has 1 aliphatic heterocycles. The minimum atomic E-state index is -3.67. The molecule has 0 bridgehead atoms. The van der Waals surface area contributed by atoms with Gasteiger partial charge in [0.05, 0.1) is 37.8 Å².